The first kappa shape index (κ1) is 10.2. The monoisotopic (exact) mass is 209 g/mol. The molecule has 82 valence electrons. The average molecular weight is 209 g/mol. The molecule has 15 heavy (non-hydrogen) atoms. The van der Waals surface area contributed by atoms with Gasteiger partial charge in [0.25, 0.3) is 5.91 Å². The zero-order valence-electron chi connectivity index (χ0n) is 8.96. The van der Waals surface area contributed by atoms with Crippen LogP contribution >= 0.6 is 0 Å². The first-order chi connectivity index (χ1) is 7.11. The molecule has 1 fully saturated rings. The third kappa shape index (κ3) is 2.02. The van der Waals surface area contributed by atoms with E-state index in [4.69, 9.17) is 4.74 Å². The molecular formula is C10H15N3O2. The number of carbonyl (C=O) groups excluding carboxylic acids is 1. The predicted octanol–water partition coefficient (Wildman–Crippen LogP) is 0.484. The molecule has 0 unspecified atom stereocenters. The fourth-order valence-corrected chi connectivity index (χ4v) is 1.52. The van der Waals surface area contributed by atoms with E-state index in [1.807, 2.05) is 6.92 Å². The van der Waals surface area contributed by atoms with Crippen molar-refractivity contribution < 1.29 is 9.53 Å². The molecule has 5 heteroatoms. The number of nitrogens with zero attached hydrogens (tertiary/aromatic N) is 1. The summed E-state index contributed by atoms with van der Waals surface area (Å²) in [5.74, 6) is -0.0747. The van der Waals surface area contributed by atoms with E-state index >= 15 is 0 Å². The van der Waals surface area contributed by atoms with Gasteiger partial charge in [0.15, 0.2) is 0 Å². The molecule has 0 aromatic carbocycles. The van der Waals surface area contributed by atoms with Crippen LogP contribution in [0, 0.1) is 12.3 Å². The van der Waals surface area contributed by atoms with Crippen LogP contribution in [0.1, 0.15) is 23.0 Å². The highest BCUT2D eigenvalue weighted by molar-refractivity contribution is 5.94. The van der Waals surface area contributed by atoms with Gasteiger partial charge in [0.2, 0.25) is 0 Å². The van der Waals surface area contributed by atoms with Crippen LogP contribution < -0.4 is 5.32 Å². The number of carbonyl (C=O) groups is 1. The SMILES string of the molecule is Cc1[nH]ncc1C(=O)NCC1(C)COC1. The molecular weight excluding hydrogens is 194 g/mol. The molecule has 0 saturated carbocycles. The molecule has 2 rings (SSSR count). The van der Waals surface area contributed by atoms with E-state index in [9.17, 15) is 4.79 Å². The molecule has 5 nitrogen and oxygen atoms in total. The molecule has 2 N–H and O–H groups in total. The molecule has 2 heterocycles. The summed E-state index contributed by atoms with van der Waals surface area (Å²) in [5.41, 5.74) is 1.51. The summed E-state index contributed by atoms with van der Waals surface area (Å²) >= 11 is 0. The number of ether oxygens (including phenoxy) is 1. The molecule has 1 aromatic heterocycles. The van der Waals surface area contributed by atoms with Gasteiger partial charge in [-0.2, -0.15) is 5.10 Å². The fourth-order valence-electron chi connectivity index (χ4n) is 1.52. The second kappa shape index (κ2) is 3.66. The minimum atomic E-state index is -0.0747. The average Bonchev–Trinajstić information content (AvgIpc) is 2.58. The largest absolute Gasteiger partial charge is 0.380 e. The van der Waals surface area contributed by atoms with Crippen molar-refractivity contribution in [3.63, 3.8) is 0 Å². The van der Waals surface area contributed by atoms with Crippen LogP contribution in [0.25, 0.3) is 0 Å². The number of hydrogen-bond acceptors (Lipinski definition) is 3. The van der Waals surface area contributed by atoms with Crippen LogP contribution in [-0.4, -0.2) is 35.9 Å². The number of aromatic nitrogens is 2. The van der Waals surface area contributed by atoms with Crippen LogP contribution in [0.3, 0.4) is 0 Å². The Morgan fingerprint density at radius 1 is 1.73 bits per heavy atom. The fraction of sp³-hybridized carbons (Fsp3) is 0.600. The Balaban J connectivity index is 1.90. The lowest BCUT2D eigenvalue weighted by molar-refractivity contribution is -0.0978. The lowest BCUT2D eigenvalue weighted by Crippen LogP contribution is -2.48. The Hall–Kier alpha value is -1.36. The molecule has 1 saturated heterocycles. The van der Waals surface area contributed by atoms with E-state index in [-0.39, 0.29) is 11.3 Å². The van der Waals surface area contributed by atoms with Crippen molar-refractivity contribution in [3.8, 4) is 0 Å². The molecule has 1 aromatic rings. The summed E-state index contributed by atoms with van der Waals surface area (Å²) in [7, 11) is 0. The smallest absolute Gasteiger partial charge is 0.254 e. The van der Waals surface area contributed by atoms with Crippen molar-refractivity contribution in [2.24, 2.45) is 5.41 Å². The Morgan fingerprint density at radius 3 is 2.93 bits per heavy atom. The molecule has 1 amide bonds. The lowest BCUT2D eigenvalue weighted by Gasteiger charge is -2.37. The standard InChI is InChI=1S/C10H15N3O2/c1-7-8(3-12-13-7)9(14)11-4-10(2)5-15-6-10/h3H,4-6H2,1-2H3,(H,11,14)(H,12,13). The van der Waals surface area contributed by atoms with Crippen molar-refractivity contribution in [3.05, 3.63) is 17.5 Å². The van der Waals surface area contributed by atoms with Crippen molar-refractivity contribution in [1.82, 2.24) is 15.5 Å². The van der Waals surface area contributed by atoms with E-state index in [1.165, 1.54) is 0 Å². The minimum Gasteiger partial charge on any atom is -0.380 e. The van der Waals surface area contributed by atoms with Crippen LogP contribution in [0.15, 0.2) is 6.20 Å². The summed E-state index contributed by atoms with van der Waals surface area (Å²) in [6.45, 7) is 6.01. The van der Waals surface area contributed by atoms with Gasteiger partial charge >= 0.3 is 0 Å². The van der Waals surface area contributed by atoms with Gasteiger partial charge in [0.05, 0.1) is 25.0 Å². The quantitative estimate of drug-likeness (QED) is 0.761. The van der Waals surface area contributed by atoms with Gasteiger partial charge in [0.1, 0.15) is 0 Å². The third-order valence-corrected chi connectivity index (χ3v) is 2.65. The number of hydrogen-bond donors (Lipinski definition) is 2. The first-order valence-electron chi connectivity index (χ1n) is 4.97. The summed E-state index contributed by atoms with van der Waals surface area (Å²) < 4.78 is 5.11. The highest BCUT2D eigenvalue weighted by Crippen LogP contribution is 2.25. The highest BCUT2D eigenvalue weighted by atomic mass is 16.5. The topological polar surface area (TPSA) is 67.0 Å². The third-order valence-electron chi connectivity index (χ3n) is 2.65. The predicted molar refractivity (Wildman–Crippen MR) is 54.6 cm³/mol. The highest BCUT2D eigenvalue weighted by Gasteiger charge is 2.33. The van der Waals surface area contributed by atoms with Gasteiger partial charge in [-0.3, -0.25) is 9.89 Å². The Labute approximate surface area is 88.2 Å². The van der Waals surface area contributed by atoms with Crippen molar-refractivity contribution in [1.29, 1.82) is 0 Å². The summed E-state index contributed by atoms with van der Waals surface area (Å²) in [6.07, 6.45) is 1.55. The normalized spacial score (nSPS) is 18.3. The van der Waals surface area contributed by atoms with Gasteiger partial charge in [-0.05, 0) is 6.92 Å². The molecule has 1 aliphatic heterocycles. The molecule has 0 bridgehead atoms. The Kier molecular flexibility index (Phi) is 2.48. The minimum absolute atomic E-state index is 0.0747. The van der Waals surface area contributed by atoms with Crippen LogP contribution in [-0.2, 0) is 4.74 Å². The summed E-state index contributed by atoms with van der Waals surface area (Å²) in [4.78, 5) is 11.7. The van der Waals surface area contributed by atoms with Gasteiger partial charge in [0, 0.05) is 17.7 Å². The molecule has 0 atom stereocenters. The Bertz CT molecular complexity index is 368. The molecule has 0 aliphatic carbocycles. The van der Waals surface area contributed by atoms with Gasteiger partial charge in [-0.15, -0.1) is 0 Å². The maximum atomic E-state index is 11.7. The van der Waals surface area contributed by atoms with Crippen molar-refractivity contribution >= 4 is 5.91 Å². The number of H-pyrrole nitrogens is 1. The molecule has 1 aliphatic rings. The maximum absolute atomic E-state index is 11.7. The number of aromatic amines is 1. The van der Waals surface area contributed by atoms with Gasteiger partial charge in [-0.25, -0.2) is 0 Å². The Morgan fingerprint density at radius 2 is 2.47 bits per heavy atom. The summed E-state index contributed by atoms with van der Waals surface area (Å²) in [6, 6.07) is 0. The summed E-state index contributed by atoms with van der Waals surface area (Å²) in [5, 5.41) is 9.44. The second-order valence-corrected chi connectivity index (χ2v) is 4.39. The number of nitrogens with one attached hydrogen (secondary N) is 2. The van der Waals surface area contributed by atoms with E-state index in [2.05, 4.69) is 22.4 Å². The lowest BCUT2D eigenvalue weighted by atomic mass is 9.89. The number of amides is 1. The van der Waals surface area contributed by atoms with Crippen LogP contribution in [0.2, 0.25) is 0 Å². The second-order valence-electron chi connectivity index (χ2n) is 4.39. The van der Waals surface area contributed by atoms with Crippen LogP contribution in [0.5, 0.6) is 0 Å². The maximum Gasteiger partial charge on any atom is 0.254 e. The van der Waals surface area contributed by atoms with Gasteiger partial charge < -0.3 is 10.1 Å². The molecule has 0 radical (unpaired) electrons. The first-order valence-corrected chi connectivity index (χ1v) is 4.97. The van der Waals surface area contributed by atoms with E-state index in [1.54, 1.807) is 6.20 Å². The van der Waals surface area contributed by atoms with E-state index in [0.29, 0.717) is 12.1 Å². The van der Waals surface area contributed by atoms with Crippen molar-refractivity contribution in [2.75, 3.05) is 19.8 Å². The van der Waals surface area contributed by atoms with E-state index < -0.39 is 0 Å². The van der Waals surface area contributed by atoms with Crippen LogP contribution in [0.4, 0.5) is 0 Å². The molecule has 0 spiro atoms. The van der Waals surface area contributed by atoms with E-state index in [0.717, 1.165) is 18.9 Å². The zero-order chi connectivity index (χ0) is 10.9. The van der Waals surface area contributed by atoms with Crippen molar-refractivity contribution in [2.45, 2.75) is 13.8 Å². The number of rotatable bonds is 3. The van der Waals surface area contributed by atoms with Gasteiger partial charge in [-0.1, -0.05) is 6.92 Å². The zero-order valence-corrected chi connectivity index (χ0v) is 8.96. The number of aryl methyl sites for hydroxylation is 1.